The van der Waals surface area contributed by atoms with Crippen LogP contribution in [0.5, 0.6) is 0 Å². The number of nitrogens with two attached hydrogens (primary N) is 2. The van der Waals surface area contributed by atoms with Gasteiger partial charge in [0.1, 0.15) is 5.82 Å². The van der Waals surface area contributed by atoms with Crippen molar-refractivity contribution in [1.29, 1.82) is 0 Å². The SMILES string of the molecule is CC1CCC(C(NN)c2cccnc2N)C1. The maximum atomic E-state index is 5.89. The fraction of sp³-hybridized carbons (Fsp3) is 0.583. The van der Waals surface area contributed by atoms with Crippen molar-refractivity contribution in [1.82, 2.24) is 10.4 Å². The van der Waals surface area contributed by atoms with Crippen LogP contribution in [0.3, 0.4) is 0 Å². The molecule has 0 saturated heterocycles. The average Bonchev–Trinajstić information content (AvgIpc) is 2.69. The van der Waals surface area contributed by atoms with Crippen molar-refractivity contribution >= 4 is 5.82 Å². The fourth-order valence-electron chi connectivity index (χ4n) is 2.73. The summed E-state index contributed by atoms with van der Waals surface area (Å²) in [5.74, 6) is 7.62. The summed E-state index contributed by atoms with van der Waals surface area (Å²) in [5, 5.41) is 0. The van der Waals surface area contributed by atoms with Crippen molar-refractivity contribution in [2.75, 3.05) is 5.73 Å². The molecule has 4 nitrogen and oxygen atoms in total. The number of nitrogen functional groups attached to an aromatic ring is 1. The number of hydrazine groups is 1. The Kier molecular flexibility index (Phi) is 3.41. The van der Waals surface area contributed by atoms with Gasteiger partial charge in [0.25, 0.3) is 0 Å². The number of rotatable bonds is 3. The number of pyridine rings is 1. The predicted molar refractivity (Wildman–Crippen MR) is 65.2 cm³/mol. The van der Waals surface area contributed by atoms with Crippen LogP contribution in [0.25, 0.3) is 0 Å². The molecule has 0 aliphatic heterocycles. The van der Waals surface area contributed by atoms with Gasteiger partial charge in [-0.1, -0.05) is 19.4 Å². The van der Waals surface area contributed by atoms with Gasteiger partial charge in [-0.05, 0) is 30.7 Å². The minimum Gasteiger partial charge on any atom is -0.383 e. The molecule has 1 fully saturated rings. The molecule has 88 valence electrons. The van der Waals surface area contributed by atoms with E-state index in [4.69, 9.17) is 11.6 Å². The topological polar surface area (TPSA) is 77.0 Å². The summed E-state index contributed by atoms with van der Waals surface area (Å²) in [6.45, 7) is 2.29. The number of aromatic nitrogens is 1. The lowest BCUT2D eigenvalue weighted by Crippen LogP contribution is -2.33. The molecule has 0 aromatic carbocycles. The Bertz CT molecular complexity index is 353. The van der Waals surface area contributed by atoms with E-state index in [9.17, 15) is 0 Å². The first-order valence-electron chi connectivity index (χ1n) is 5.89. The summed E-state index contributed by atoms with van der Waals surface area (Å²) in [7, 11) is 0. The molecule has 3 atom stereocenters. The third-order valence-corrected chi connectivity index (χ3v) is 3.59. The molecule has 3 unspecified atom stereocenters. The van der Waals surface area contributed by atoms with Crippen LogP contribution < -0.4 is 17.0 Å². The highest BCUT2D eigenvalue weighted by Crippen LogP contribution is 2.39. The van der Waals surface area contributed by atoms with Crippen LogP contribution in [0.15, 0.2) is 18.3 Å². The lowest BCUT2D eigenvalue weighted by Gasteiger charge is -2.23. The Hall–Kier alpha value is -1.13. The molecule has 1 aliphatic rings. The van der Waals surface area contributed by atoms with Crippen LogP contribution >= 0.6 is 0 Å². The first-order chi connectivity index (χ1) is 7.72. The largest absolute Gasteiger partial charge is 0.383 e. The van der Waals surface area contributed by atoms with Crippen molar-refractivity contribution in [2.24, 2.45) is 17.7 Å². The van der Waals surface area contributed by atoms with Crippen LogP contribution in [-0.2, 0) is 0 Å². The number of nitrogens with one attached hydrogen (secondary N) is 1. The Morgan fingerprint density at radius 1 is 1.50 bits per heavy atom. The van der Waals surface area contributed by atoms with Gasteiger partial charge in [0.05, 0.1) is 6.04 Å². The molecule has 5 N–H and O–H groups in total. The minimum absolute atomic E-state index is 0.138. The monoisotopic (exact) mass is 220 g/mol. The highest BCUT2D eigenvalue weighted by atomic mass is 15.2. The summed E-state index contributed by atoms with van der Waals surface area (Å²) < 4.78 is 0. The zero-order chi connectivity index (χ0) is 11.5. The summed E-state index contributed by atoms with van der Waals surface area (Å²) >= 11 is 0. The Morgan fingerprint density at radius 2 is 2.31 bits per heavy atom. The van der Waals surface area contributed by atoms with Crippen LogP contribution in [0.1, 0.15) is 37.8 Å². The molecule has 1 heterocycles. The molecular weight excluding hydrogens is 200 g/mol. The third-order valence-electron chi connectivity index (χ3n) is 3.59. The van der Waals surface area contributed by atoms with Gasteiger partial charge in [-0.2, -0.15) is 0 Å². The molecule has 1 aromatic heterocycles. The van der Waals surface area contributed by atoms with Crippen LogP contribution in [0.4, 0.5) is 5.82 Å². The molecule has 2 rings (SSSR count). The van der Waals surface area contributed by atoms with E-state index in [0.717, 1.165) is 11.5 Å². The zero-order valence-electron chi connectivity index (χ0n) is 9.69. The van der Waals surface area contributed by atoms with Gasteiger partial charge >= 0.3 is 0 Å². The zero-order valence-corrected chi connectivity index (χ0v) is 9.69. The first kappa shape index (κ1) is 11.4. The molecule has 16 heavy (non-hydrogen) atoms. The van der Waals surface area contributed by atoms with Gasteiger partial charge in [0.2, 0.25) is 0 Å². The van der Waals surface area contributed by atoms with Crippen LogP contribution in [-0.4, -0.2) is 4.98 Å². The molecule has 0 radical (unpaired) electrons. The summed E-state index contributed by atoms with van der Waals surface area (Å²) in [6.07, 6.45) is 5.42. The highest BCUT2D eigenvalue weighted by Gasteiger charge is 2.30. The number of nitrogens with zero attached hydrogens (tertiary/aromatic N) is 1. The summed E-state index contributed by atoms with van der Waals surface area (Å²) in [5.41, 5.74) is 9.83. The number of anilines is 1. The number of hydrogen-bond acceptors (Lipinski definition) is 4. The van der Waals surface area contributed by atoms with Crippen molar-refractivity contribution in [3.05, 3.63) is 23.9 Å². The smallest absolute Gasteiger partial charge is 0.128 e. The maximum absolute atomic E-state index is 5.89. The number of hydrogen-bond donors (Lipinski definition) is 3. The van der Waals surface area contributed by atoms with E-state index in [-0.39, 0.29) is 6.04 Å². The second-order valence-corrected chi connectivity index (χ2v) is 4.80. The van der Waals surface area contributed by atoms with E-state index in [1.54, 1.807) is 6.20 Å². The molecule has 0 spiro atoms. The average molecular weight is 220 g/mol. The van der Waals surface area contributed by atoms with E-state index in [2.05, 4.69) is 17.3 Å². The van der Waals surface area contributed by atoms with Crippen molar-refractivity contribution in [2.45, 2.75) is 32.2 Å². The van der Waals surface area contributed by atoms with Gasteiger partial charge in [-0.3, -0.25) is 11.3 Å². The maximum Gasteiger partial charge on any atom is 0.128 e. The molecule has 1 aromatic rings. The van der Waals surface area contributed by atoms with Gasteiger partial charge in [0.15, 0.2) is 0 Å². The van der Waals surface area contributed by atoms with E-state index in [1.165, 1.54) is 19.3 Å². The lowest BCUT2D eigenvalue weighted by molar-refractivity contribution is 0.364. The van der Waals surface area contributed by atoms with Crippen molar-refractivity contribution < 1.29 is 0 Å². The molecule has 0 bridgehead atoms. The van der Waals surface area contributed by atoms with Crippen molar-refractivity contribution in [3.63, 3.8) is 0 Å². The minimum atomic E-state index is 0.138. The van der Waals surface area contributed by atoms with E-state index < -0.39 is 0 Å². The lowest BCUT2D eigenvalue weighted by atomic mass is 9.92. The van der Waals surface area contributed by atoms with Crippen LogP contribution in [0, 0.1) is 11.8 Å². The van der Waals surface area contributed by atoms with E-state index in [1.807, 2.05) is 12.1 Å². The van der Waals surface area contributed by atoms with Gasteiger partial charge in [-0.15, -0.1) is 0 Å². The summed E-state index contributed by atoms with van der Waals surface area (Å²) in [4.78, 5) is 4.12. The Morgan fingerprint density at radius 3 is 2.88 bits per heavy atom. The second kappa shape index (κ2) is 4.80. The van der Waals surface area contributed by atoms with Gasteiger partial charge in [-0.25, -0.2) is 4.98 Å². The Balaban J connectivity index is 2.19. The fourth-order valence-corrected chi connectivity index (χ4v) is 2.73. The van der Waals surface area contributed by atoms with Gasteiger partial charge in [0, 0.05) is 11.8 Å². The summed E-state index contributed by atoms with van der Waals surface area (Å²) in [6, 6.07) is 4.06. The van der Waals surface area contributed by atoms with Crippen molar-refractivity contribution in [3.8, 4) is 0 Å². The molecule has 1 aliphatic carbocycles. The van der Waals surface area contributed by atoms with E-state index >= 15 is 0 Å². The Labute approximate surface area is 96.4 Å². The standard InChI is InChI=1S/C12H20N4/c1-8-4-5-9(7-8)11(16-14)10-3-2-6-15-12(10)13/h2-3,6,8-9,11,16H,4-5,7,14H2,1H3,(H2,13,15). The normalized spacial score (nSPS) is 26.9. The third kappa shape index (κ3) is 2.18. The second-order valence-electron chi connectivity index (χ2n) is 4.80. The predicted octanol–water partition coefficient (Wildman–Crippen LogP) is 1.60. The molecule has 1 saturated carbocycles. The quantitative estimate of drug-likeness (QED) is 0.534. The first-order valence-corrected chi connectivity index (χ1v) is 5.89. The van der Waals surface area contributed by atoms with Gasteiger partial charge < -0.3 is 5.73 Å². The molecule has 4 heteroatoms. The molecular formula is C12H20N4. The molecule has 0 amide bonds. The van der Waals surface area contributed by atoms with E-state index in [0.29, 0.717) is 11.7 Å². The van der Waals surface area contributed by atoms with Crippen LogP contribution in [0.2, 0.25) is 0 Å². The highest BCUT2D eigenvalue weighted by molar-refractivity contribution is 5.41.